The van der Waals surface area contributed by atoms with Crippen LogP contribution in [0.4, 0.5) is 0 Å². The molecule has 0 aliphatic rings. The highest BCUT2D eigenvalue weighted by molar-refractivity contribution is 5.13. The number of ether oxygens (including phenoxy) is 2. The van der Waals surface area contributed by atoms with Crippen LogP contribution in [-0.2, 0) is 16.1 Å². The molecule has 2 atom stereocenters. The van der Waals surface area contributed by atoms with E-state index in [2.05, 4.69) is 6.92 Å². The van der Waals surface area contributed by atoms with Crippen molar-refractivity contribution >= 4 is 0 Å². The van der Waals surface area contributed by atoms with E-state index < -0.39 is 6.10 Å². The predicted octanol–water partition coefficient (Wildman–Crippen LogP) is 8.23. The van der Waals surface area contributed by atoms with Crippen LogP contribution in [0.3, 0.4) is 0 Å². The SMILES string of the molecule is CCCCCCCCCCCCCCCCCCOC[C@@H](OCc1ccccc1)C(C)O. The van der Waals surface area contributed by atoms with Crippen LogP contribution in [-0.4, -0.2) is 30.5 Å². The molecule has 0 saturated carbocycles. The molecule has 0 saturated heterocycles. The van der Waals surface area contributed by atoms with E-state index in [1.54, 1.807) is 6.92 Å². The summed E-state index contributed by atoms with van der Waals surface area (Å²) in [5.74, 6) is 0. The van der Waals surface area contributed by atoms with Gasteiger partial charge in [-0.25, -0.2) is 0 Å². The normalized spacial score (nSPS) is 13.3. The first kappa shape index (κ1) is 29.1. The van der Waals surface area contributed by atoms with Gasteiger partial charge in [-0.05, 0) is 18.9 Å². The molecule has 0 aliphatic carbocycles. The van der Waals surface area contributed by atoms with E-state index in [1.165, 1.54) is 96.3 Å². The first-order valence-electron chi connectivity index (χ1n) is 13.7. The zero-order chi connectivity index (χ0) is 23.1. The second kappa shape index (κ2) is 21.9. The Bertz CT molecular complexity index is 488. The standard InChI is InChI=1S/C29H52O3/c1-3-4-5-6-7-8-9-10-11-12-13-14-15-16-17-21-24-31-26-29(27(2)30)32-25-28-22-19-18-20-23-28/h18-20,22-23,27,29-30H,3-17,21,24-26H2,1-2H3/t27?,29-/m1/s1. The molecular weight excluding hydrogens is 396 g/mol. The number of aliphatic hydroxyl groups excluding tert-OH is 1. The Labute approximate surface area is 199 Å². The van der Waals surface area contributed by atoms with Gasteiger partial charge >= 0.3 is 0 Å². The third-order valence-corrected chi connectivity index (χ3v) is 6.27. The van der Waals surface area contributed by atoms with Crippen molar-refractivity contribution in [2.24, 2.45) is 0 Å². The third-order valence-electron chi connectivity index (χ3n) is 6.27. The van der Waals surface area contributed by atoms with Crippen LogP contribution in [0.1, 0.15) is 122 Å². The Morgan fingerprint density at radius 1 is 0.688 bits per heavy atom. The molecule has 1 aromatic carbocycles. The molecule has 32 heavy (non-hydrogen) atoms. The van der Waals surface area contributed by atoms with Gasteiger partial charge in [0.15, 0.2) is 0 Å². The average molecular weight is 449 g/mol. The van der Waals surface area contributed by atoms with Crippen molar-refractivity contribution in [2.45, 2.75) is 135 Å². The summed E-state index contributed by atoms with van der Waals surface area (Å²) in [4.78, 5) is 0. The van der Waals surface area contributed by atoms with Crippen LogP contribution in [0, 0.1) is 0 Å². The monoisotopic (exact) mass is 448 g/mol. The van der Waals surface area contributed by atoms with Crippen LogP contribution in [0.5, 0.6) is 0 Å². The molecule has 0 heterocycles. The maximum Gasteiger partial charge on any atom is 0.107 e. The fraction of sp³-hybridized carbons (Fsp3) is 0.793. The largest absolute Gasteiger partial charge is 0.391 e. The van der Waals surface area contributed by atoms with Gasteiger partial charge in [0.25, 0.3) is 0 Å². The van der Waals surface area contributed by atoms with Crippen molar-refractivity contribution in [3.05, 3.63) is 35.9 Å². The van der Waals surface area contributed by atoms with Gasteiger partial charge in [0.05, 0.1) is 19.3 Å². The van der Waals surface area contributed by atoms with Crippen molar-refractivity contribution in [3.8, 4) is 0 Å². The molecule has 1 unspecified atom stereocenters. The van der Waals surface area contributed by atoms with Crippen molar-refractivity contribution in [1.82, 2.24) is 0 Å². The van der Waals surface area contributed by atoms with Gasteiger partial charge in [0, 0.05) is 6.61 Å². The van der Waals surface area contributed by atoms with Gasteiger partial charge in [-0.15, -0.1) is 0 Å². The van der Waals surface area contributed by atoms with Crippen molar-refractivity contribution < 1.29 is 14.6 Å². The lowest BCUT2D eigenvalue weighted by Crippen LogP contribution is -2.31. The van der Waals surface area contributed by atoms with Crippen molar-refractivity contribution in [1.29, 1.82) is 0 Å². The Morgan fingerprint density at radius 2 is 1.16 bits per heavy atom. The molecule has 0 fully saturated rings. The Morgan fingerprint density at radius 3 is 1.62 bits per heavy atom. The van der Waals surface area contributed by atoms with Crippen LogP contribution < -0.4 is 0 Å². The molecule has 3 heteroatoms. The van der Waals surface area contributed by atoms with Gasteiger partial charge in [0.1, 0.15) is 6.10 Å². The first-order valence-corrected chi connectivity index (χ1v) is 13.7. The average Bonchev–Trinajstić information content (AvgIpc) is 2.80. The highest BCUT2D eigenvalue weighted by Gasteiger charge is 2.15. The third kappa shape index (κ3) is 17.6. The quantitative estimate of drug-likeness (QED) is 0.171. The maximum atomic E-state index is 9.93. The fourth-order valence-corrected chi connectivity index (χ4v) is 4.06. The lowest BCUT2D eigenvalue weighted by atomic mass is 10.0. The molecule has 0 amide bonds. The number of aliphatic hydroxyl groups is 1. The minimum absolute atomic E-state index is 0.267. The molecule has 1 rings (SSSR count). The lowest BCUT2D eigenvalue weighted by molar-refractivity contribution is -0.0805. The van der Waals surface area contributed by atoms with Crippen molar-refractivity contribution in [3.63, 3.8) is 0 Å². The summed E-state index contributed by atoms with van der Waals surface area (Å²) >= 11 is 0. The summed E-state index contributed by atoms with van der Waals surface area (Å²) in [5, 5.41) is 9.93. The van der Waals surface area contributed by atoms with Gasteiger partial charge < -0.3 is 14.6 Å². The number of unbranched alkanes of at least 4 members (excludes halogenated alkanes) is 15. The lowest BCUT2D eigenvalue weighted by Gasteiger charge is -2.20. The van der Waals surface area contributed by atoms with Crippen LogP contribution >= 0.6 is 0 Å². The van der Waals surface area contributed by atoms with Gasteiger partial charge in [0.2, 0.25) is 0 Å². The predicted molar refractivity (Wildman–Crippen MR) is 137 cm³/mol. The molecular formula is C29H52O3. The number of hydrogen-bond acceptors (Lipinski definition) is 3. The molecule has 1 aromatic rings. The molecule has 0 radical (unpaired) electrons. The van der Waals surface area contributed by atoms with Gasteiger partial charge in [-0.1, -0.05) is 134 Å². The summed E-state index contributed by atoms with van der Waals surface area (Å²) in [6.07, 6.45) is 21.3. The summed E-state index contributed by atoms with van der Waals surface area (Å²) < 4.78 is 11.6. The summed E-state index contributed by atoms with van der Waals surface area (Å²) in [6.45, 7) is 5.79. The topological polar surface area (TPSA) is 38.7 Å². The molecule has 186 valence electrons. The molecule has 3 nitrogen and oxygen atoms in total. The van der Waals surface area contributed by atoms with E-state index >= 15 is 0 Å². The van der Waals surface area contributed by atoms with Gasteiger partial charge in [-0.3, -0.25) is 0 Å². The zero-order valence-electron chi connectivity index (χ0n) is 21.2. The van der Waals surface area contributed by atoms with Crippen LogP contribution in [0.25, 0.3) is 0 Å². The summed E-state index contributed by atoms with van der Waals surface area (Å²) in [6, 6.07) is 10.1. The first-order chi connectivity index (χ1) is 15.7. The van der Waals surface area contributed by atoms with E-state index in [-0.39, 0.29) is 6.10 Å². The molecule has 1 N–H and O–H groups in total. The zero-order valence-corrected chi connectivity index (χ0v) is 21.2. The molecule has 0 aromatic heterocycles. The maximum absolute atomic E-state index is 9.93. The van der Waals surface area contributed by atoms with E-state index in [4.69, 9.17) is 9.47 Å². The van der Waals surface area contributed by atoms with E-state index in [0.29, 0.717) is 13.2 Å². The fourth-order valence-electron chi connectivity index (χ4n) is 4.06. The number of rotatable bonds is 23. The van der Waals surface area contributed by atoms with Gasteiger partial charge in [-0.2, -0.15) is 0 Å². The second-order valence-electron chi connectivity index (χ2n) is 9.45. The Hall–Kier alpha value is -0.900. The smallest absolute Gasteiger partial charge is 0.107 e. The minimum atomic E-state index is -0.524. The second-order valence-corrected chi connectivity index (χ2v) is 9.45. The summed E-state index contributed by atoms with van der Waals surface area (Å²) in [7, 11) is 0. The highest BCUT2D eigenvalue weighted by Crippen LogP contribution is 2.14. The van der Waals surface area contributed by atoms with Crippen LogP contribution in [0.15, 0.2) is 30.3 Å². The Balaban J connectivity index is 1.83. The van der Waals surface area contributed by atoms with Crippen LogP contribution in [0.2, 0.25) is 0 Å². The molecule has 0 aliphatic heterocycles. The van der Waals surface area contributed by atoms with Crippen molar-refractivity contribution in [2.75, 3.05) is 13.2 Å². The minimum Gasteiger partial charge on any atom is -0.391 e. The Kier molecular flexibility index (Phi) is 20.0. The summed E-state index contributed by atoms with van der Waals surface area (Å²) in [5.41, 5.74) is 1.12. The highest BCUT2D eigenvalue weighted by atomic mass is 16.5. The molecule has 0 spiro atoms. The van der Waals surface area contributed by atoms with E-state index in [9.17, 15) is 5.11 Å². The number of benzene rings is 1. The van der Waals surface area contributed by atoms with E-state index in [1.807, 2.05) is 30.3 Å². The molecule has 0 bridgehead atoms. The van der Waals surface area contributed by atoms with E-state index in [0.717, 1.165) is 18.6 Å². The number of hydrogen-bond donors (Lipinski definition) is 1.